The summed E-state index contributed by atoms with van der Waals surface area (Å²) >= 11 is 0. The largest absolute Gasteiger partial charge is 0.462 e. The maximum Gasteiger partial charge on any atom is 0.341 e. The molecule has 6 nitrogen and oxygen atoms in total. The van der Waals surface area contributed by atoms with Gasteiger partial charge in [0.15, 0.2) is 0 Å². The number of benzene rings is 1. The Morgan fingerprint density at radius 1 is 1.26 bits per heavy atom. The van der Waals surface area contributed by atoms with E-state index in [-0.39, 0.29) is 5.97 Å². The third-order valence-corrected chi connectivity index (χ3v) is 5.47. The van der Waals surface area contributed by atoms with Gasteiger partial charge in [0.1, 0.15) is 5.56 Å². The Morgan fingerprint density at radius 3 is 2.81 bits per heavy atom. The van der Waals surface area contributed by atoms with E-state index in [1.807, 2.05) is 31.2 Å². The fourth-order valence-electron chi connectivity index (χ4n) is 4.07. The van der Waals surface area contributed by atoms with Crippen LogP contribution in [0.5, 0.6) is 0 Å². The zero-order valence-electron chi connectivity index (χ0n) is 15.9. The lowest BCUT2D eigenvalue weighted by Crippen LogP contribution is -2.48. The Labute approximate surface area is 160 Å². The summed E-state index contributed by atoms with van der Waals surface area (Å²) in [6.07, 6.45) is 2.83. The van der Waals surface area contributed by atoms with E-state index in [9.17, 15) is 4.79 Å². The number of piperazine rings is 1. The summed E-state index contributed by atoms with van der Waals surface area (Å²) in [5.41, 5.74) is 2.43. The lowest BCUT2D eigenvalue weighted by atomic mass is 10.1. The smallest absolute Gasteiger partial charge is 0.341 e. The van der Waals surface area contributed by atoms with Crippen molar-refractivity contribution in [2.45, 2.75) is 13.3 Å². The summed E-state index contributed by atoms with van der Waals surface area (Å²) < 4.78 is 10.8. The number of rotatable bonds is 5. The normalized spacial score (nSPS) is 20.9. The number of fused-ring (bicyclic) bond motifs is 1. The van der Waals surface area contributed by atoms with E-state index >= 15 is 0 Å². The highest BCUT2D eigenvalue weighted by Crippen LogP contribution is 2.31. The van der Waals surface area contributed by atoms with Crippen LogP contribution in [-0.2, 0) is 9.47 Å². The molecule has 27 heavy (non-hydrogen) atoms. The third-order valence-electron chi connectivity index (χ3n) is 5.47. The second-order valence-corrected chi connectivity index (χ2v) is 7.28. The van der Waals surface area contributed by atoms with Gasteiger partial charge in [-0.1, -0.05) is 18.2 Å². The molecule has 1 unspecified atom stereocenters. The van der Waals surface area contributed by atoms with Gasteiger partial charge < -0.3 is 14.4 Å². The van der Waals surface area contributed by atoms with Gasteiger partial charge in [0.2, 0.25) is 0 Å². The number of hydrogen-bond donors (Lipinski definition) is 0. The summed E-state index contributed by atoms with van der Waals surface area (Å²) in [4.78, 5) is 21.8. The highest BCUT2D eigenvalue weighted by molar-refractivity contribution is 6.05. The van der Waals surface area contributed by atoms with Gasteiger partial charge in [0, 0.05) is 50.9 Å². The highest BCUT2D eigenvalue weighted by Gasteiger charge is 2.26. The van der Waals surface area contributed by atoms with Crippen molar-refractivity contribution in [3.8, 4) is 0 Å². The molecule has 0 spiro atoms. The van der Waals surface area contributed by atoms with E-state index in [0.29, 0.717) is 18.1 Å². The molecule has 6 heteroatoms. The summed E-state index contributed by atoms with van der Waals surface area (Å²) in [5, 5.41) is 1.01. The lowest BCUT2D eigenvalue weighted by molar-refractivity contribution is 0.0526. The number of para-hydroxylation sites is 1. The van der Waals surface area contributed by atoms with Crippen LogP contribution in [-0.4, -0.2) is 68.4 Å². The van der Waals surface area contributed by atoms with Gasteiger partial charge in [-0.25, -0.2) is 4.79 Å². The molecule has 3 heterocycles. The SMILES string of the molecule is CCOC(=O)c1cnc2ccccc2c1N1CCN(CC2CCOC2)CC1. The lowest BCUT2D eigenvalue weighted by Gasteiger charge is -2.38. The number of aromatic nitrogens is 1. The Morgan fingerprint density at radius 2 is 2.07 bits per heavy atom. The predicted octanol–water partition coefficient (Wildman–Crippen LogP) is 2.57. The van der Waals surface area contributed by atoms with Crippen molar-refractivity contribution >= 4 is 22.6 Å². The molecule has 2 fully saturated rings. The van der Waals surface area contributed by atoms with Crippen molar-refractivity contribution in [3.63, 3.8) is 0 Å². The van der Waals surface area contributed by atoms with E-state index in [4.69, 9.17) is 9.47 Å². The fraction of sp³-hybridized carbons (Fsp3) is 0.524. The number of esters is 1. The van der Waals surface area contributed by atoms with Crippen LogP contribution >= 0.6 is 0 Å². The van der Waals surface area contributed by atoms with Crippen LogP contribution in [0.25, 0.3) is 10.9 Å². The molecule has 0 saturated carbocycles. The van der Waals surface area contributed by atoms with Gasteiger partial charge in [-0.2, -0.15) is 0 Å². The first kappa shape index (κ1) is 18.2. The number of anilines is 1. The van der Waals surface area contributed by atoms with Crippen LogP contribution in [0.1, 0.15) is 23.7 Å². The zero-order valence-corrected chi connectivity index (χ0v) is 15.9. The minimum atomic E-state index is -0.295. The van der Waals surface area contributed by atoms with E-state index in [0.717, 1.165) is 62.5 Å². The maximum atomic E-state index is 12.5. The number of hydrogen-bond acceptors (Lipinski definition) is 6. The van der Waals surface area contributed by atoms with Crippen LogP contribution in [0, 0.1) is 5.92 Å². The van der Waals surface area contributed by atoms with Crippen LogP contribution in [0.4, 0.5) is 5.69 Å². The molecular weight excluding hydrogens is 342 g/mol. The molecule has 2 aliphatic heterocycles. The monoisotopic (exact) mass is 369 g/mol. The second-order valence-electron chi connectivity index (χ2n) is 7.28. The quantitative estimate of drug-likeness (QED) is 0.755. The maximum absolute atomic E-state index is 12.5. The third kappa shape index (κ3) is 3.92. The molecule has 0 aliphatic carbocycles. The number of ether oxygens (including phenoxy) is 2. The second kappa shape index (κ2) is 8.23. The minimum Gasteiger partial charge on any atom is -0.462 e. The number of carbonyl (C=O) groups excluding carboxylic acids is 1. The summed E-state index contributed by atoms with van der Waals surface area (Å²) in [6, 6.07) is 8.01. The Bertz CT molecular complexity index is 796. The molecule has 2 aromatic rings. The topological polar surface area (TPSA) is 54.9 Å². The molecule has 2 saturated heterocycles. The van der Waals surface area contributed by atoms with Crippen molar-refractivity contribution in [2.75, 3.05) is 57.4 Å². The van der Waals surface area contributed by atoms with Gasteiger partial charge >= 0.3 is 5.97 Å². The fourth-order valence-corrected chi connectivity index (χ4v) is 4.07. The Balaban J connectivity index is 1.56. The predicted molar refractivity (Wildman–Crippen MR) is 105 cm³/mol. The summed E-state index contributed by atoms with van der Waals surface area (Å²) in [5.74, 6) is 0.365. The van der Waals surface area contributed by atoms with Gasteiger partial charge in [-0.3, -0.25) is 9.88 Å². The number of carbonyl (C=O) groups is 1. The van der Waals surface area contributed by atoms with Crippen LogP contribution in [0.3, 0.4) is 0 Å². The van der Waals surface area contributed by atoms with Crippen LogP contribution in [0.2, 0.25) is 0 Å². The first-order chi connectivity index (χ1) is 13.3. The molecule has 2 aliphatic rings. The molecule has 0 radical (unpaired) electrons. The van der Waals surface area contributed by atoms with Crippen LogP contribution in [0.15, 0.2) is 30.5 Å². The number of nitrogens with zero attached hydrogens (tertiary/aromatic N) is 3. The average Bonchev–Trinajstić information content (AvgIpc) is 3.21. The zero-order chi connectivity index (χ0) is 18.6. The Hall–Kier alpha value is -2.18. The molecule has 4 rings (SSSR count). The average molecular weight is 369 g/mol. The molecule has 0 amide bonds. The highest BCUT2D eigenvalue weighted by atomic mass is 16.5. The molecular formula is C21H27N3O3. The first-order valence-electron chi connectivity index (χ1n) is 9.86. The Kier molecular flexibility index (Phi) is 5.55. The molecule has 1 atom stereocenters. The molecule has 0 bridgehead atoms. The molecule has 144 valence electrons. The van der Waals surface area contributed by atoms with E-state index < -0.39 is 0 Å². The van der Waals surface area contributed by atoms with Crippen molar-refractivity contribution in [1.82, 2.24) is 9.88 Å². The van der Waals surface area contributed by atoms with Crippen molar-refractivity contribution in [1.29, 1.82) is 0 Å². The van der Waals surface area contributed by atoms with Gasteiger partial charge in [-0.15, -0.1) is 0 Å². The first-order valence-corrected chi connectivity index (χ1v) is 9.86. The molecule has 1 aromatic carbocycles. The molecule has 0 N–H and O–H groups in total. The van der Waals surface area contributed by atoms with Gasteiger partial charge in [-0.05, 0) is 25.3 Å². The summed E-state index contributed by atoms with van der Waals surface area (Å²) in [7, 11) is 0. The molecule has 1 aromatic heterocycles. The van der Waals surface area contributed by atoms with E-state index in [1.54, 1.807) is 6.20 Å². The van der Waals surface area contributed by atoms with Crippen molar-refractivity contribution in [2.24, 2.45) is 5.92 Å². The van der Waals surface area contributed by atoms with Gasteiger partial charge in [0.25, 0.3) is 0 Å². The van der Waals surface area contributed by atoms with Gasteiger partial charge in [0.05, 0.1) is 24.4 Å². The van der Waals surface area contributed by atoms with E-state index in [1.165, 1.54) is 6.42 Å². The van der Waals surface area contributed by atoms with Crippen LogP contribution < -0.4 is 4.90 Å². The van der Waals surface area contributed by atoms with Crippen molar-refractivity contribution in [3.05, 3.63) is 36.0 Å². The standard InChI is InChI=1S/C21H27N3O3/c1-2-27-21(25)18-13-22-19-6-4-3-5-17(19)20(18)24-10-8-23(9-11-24)14-16-7-12-26-15-16/h3-6,13,16H,2,7-12,14-15H2,1H3. The summed E-state index contributed by atoms with van der Waals surface area (Å²) in [6.45, 7) is 8.88. The van der Waals surface area contributed by atoms with E-state index in [2.05, 4.69) is 14.8 Å². The van der Waals surface area contributed by atoms with Crippen molar-refractivity contribution < 1.29 is 14.3 Å². The number of pyridine rings is 1. The minimum absolute atomic E-state index is 0.295.